The van der Waals surface area contributed by atoms with Crippen LogP contribution in [-0.2, 0) is 0 Å². The zero-order valence-electron chi connectivity index (χ0n) is 10.7. The first kappa shape index (κ1) is 12.3. The van der Waals surface area contributed by atoms with Gasteiger partial charge in [-0.05, 0) is 19.4 Å². The minimum Gasteiger partial charge on any atom is -0.338 e. The van der Waals surface area contributed by atoms with Gasteiger partial charge in [-0.3, -0.25) is 4.90 Å². The quantitative estimate of drug-likeness (QED) is 0.752. The summed E-state index contributed by atoms with van der Waals surface area (Å²) in [6, 6.07) is 0.279. The summed E-state index contributed by atoms with van der Waals surface area (Å²) in [7, 11) is 0. The second kappa shape index (κ2) is 5.45. The first-order chi connectivity index (χ1) is 8.22. The van der Waals surface area contributed by atoms with E-state index in [0.717, 1.165) is 31.2 Å². The Morgan fingerprint density at radius 1 is 1.53 bits per heavy atom. The highest BCUT2D eigenvalue weighted by atomic mass is 16.5. The van der Waals surface area contributed by atoms with Crippen molar-refractivity contribution >= 4 is 0 Å². The highest BCUT2D eigenvalue weighted by molar-refractivity contribution is 4.99. The number of nitrogens with zero attached hydrogens (tertiary/aromatic N) is 3. The average Bonchev–Trinajstić information content (AvgIpc) is 2.79. The van der Waals surface area contributed by atoms with Gasteiger partial charge in [-0.15, -0.1) is 6.58 Å². The van der Waals surface area contributed by atoms with E-state index in [-0.39, 0.29) is 6.04 Å². The molecule has 1 aromatic heterocycles. The Kier molecular flexibility index (Phi) is 3.94. The van der Waals surface area contributed by atoms with Gasteiger partial charge in [0.1, 0.15) is 0 Å². The van der Waals surface area contributed by atoms with Gasteiger partial charge in [-0.25, -0.2) is 0 Å². The Morgan fingerprint density at radius 3 is 3.00 bits per heavy atom. The van der Waals surface area contributed by atoms with E-state index in [9.17, 15) is 0 Å². The van der Waals surface area contributed by atoms with Gasteiger partial charge in [0, 0.05) is 12.5 Å². The van der Waals surface area contributed by atoms with Gasteiger partial charge in [0.2, 0.25) is 5.89 Å². The molecule has 17 heavy (non-hydrogen) atoms. The smallest absolute Gasteiger partial charge is 0.244 e. The highest BCUT2D eigenvalue weighted by Crippen LogP contribution is 2.30. The van der Waals surface area contributed by atoms with Gasteiger partial charge < -0.3 is 4.52 Å². The van der Waals surface area contributed by atoms with Gasteiger partial charge >= 0.3 is 0 Å². The number of hydrogen-bond donors (Lipinski definition) is 0. The van der Waals surface area contributed by atoms with Gasteiger partial charge in [0.05, 0.1) is 6.04 Å². The normalized spacial score (nSPS) is 21.9. The lowest BCUT2D eigenvalue weighted by Crippen LogP contribution is -2.33. The summed E-state index contributed by atoms with van der Waals surface area (Å²) in [4.78, 5) is 6.88. The second-order valence-corrected chi connectivity index (χ2v) is 4.94. The predicted octanol–water partition coefficient (Wildman–Crippen LogP) is 2.91. The molecule has 0 aromatic carbocycles. The fourth-order valence-corrected chi connectivity index (χ4v) is 2.27. The predicted molar refractivity (Wildman–Crippen MR) is 66.7 cm³/mol. The van der Waals surface area contributed by atoms with Gasteiger partial charge in [-0.1, -0.05) is 31.5 Å². The number of hydrogen-bond acceptors (Lipinski definition) is 4. The molecule has 1 saturated heterocycles. The maximum atomic E-state index is 5.40. The van der Waals surface area contributed by atoms with E-state index in [2.05, 4.69) is 35.5 Å². The molecule has 0 bridgehead atoms. The SMILES string of the molecule is C=CCN1CCCCC1c1nc(C(C)C)no1. The van der Waals surface area contributed by atoms with Crippen LogP contribution in [0.25, 0.3) is 0 Å². The molecule has 0 amide bonds. The maximum Gasteiger partial charge on any atom is 0.244 e. The van der Waals surface area contributed by atoms with Crippen LogP contribution in [0.5, 0.6) is 0 Å². The maximum absolute atomic E-state index is 5.40. The standard InChI is InChI=1S/C13H21N3O/c1-4-8-16-9-6-5-7-11(16)13-14-12(10(2)3)15-17-13/h4,10-11H,1,5-9H2,2-3H3. The molecule has 94 valence electrons. The highest BCUT2D eigenvalue weighted by Gasteiger charge is 2.28. The van der Waals surface area contributed by atoms with Crippen molar-refractivity contribution in [2.24, 2.45) is 0 Å². The Balaban J connectivity index is 2.14. The van der Waals surface area contributed by atoms with Crippen molar-refractivity contribution in [3.05, 3.63) is 24.4 Å². The van der Waals surface area contributed by atoms with Crippen LogP contribution >= 0.6 is 0 Å². The summed E-state index contributed by atoms with van der Waals surface area (Å²) in [5.74, 6) is 1.91. The molecular formula is C13H21N3O. The third kappa shape index (κ3) is 2.75. The zero-order valence-corrected chi connectivity index (χ0v) is 10.7. The van der Waals surface area contributed by atoms with Crippen molar-refractivity contribution in [1.29, 1.82) is 0 Å². The van der Waals surface area contributed by atoms with Gasteiger partial charge in [0.25, 0.3) is 0 Å². The topological polar surface area (TPSA) is 42.2 Å². The molecule has 0 N–H and O–H groups in total. The third-order valence-corrected chi connectivity index (χ3v) is 3.24. The van der Waals surface area contributed by atoms with Crippen LogP contribution in [0, 0.1) is 0 Å². The van der Waals surface area contributed by atoms with Crippen LogP contribution in [0.4, 0.5) is 0 Å². The summed E-state index contributed by atoms with van der Waals surface area (Å²) < 4.78 is 5.40. The average molecular weight is 235 g/mol. The van der Waals surface area contributed by atoms with Crippen molar-refractivity contribution in [2.75, 3.05) is 13.1 Å². The zero-order chi connectivity index (χ0) is 12.3. The number of likely N-dealkylation sites (tertiary alicyclic amines) is 1. The molecular weight excluding hydrogens is 214 g/mol. The first-order valence-corrected chi connectivity index (χ1v) is 6.40. The minimum absolute atomic E-state index is 0.279. The van der Waals surface area contributed by atoms with Crippen molar-refractivity contribution < 1.29 is 4.52 Å². The molecule has 1 fully saturated rings. The molecule has 4 heteroatoms. The molecule has 0 spiro atoms. The second-order valence-electron chi connectivity index (χ2n) is 4.94. The van der Waals surface area contributed by atoms with Crippen molar-refractivity contribution in [3.63, 3.8) is 0 Å². The molecule has 0 aliphatic carbocycles. The first-order valence-electron chi connectivity index (χ1n) is 6.40. The van der Waals surface area contributed by atoms with Crippen molar-refractivity contribution in [1.82, 2.24) is 15.0 Å². The fourth-order valence-electron chi connectivity index (χ4n) is 2.27. The monoisotopic (exact) mass is 235 g/mol. The fraction of sp³-hybridized carbons (Fsp3) is 0.692. The largest absolute Gasteiger partial charge is 0.338 e. The van der Waals surface area contributed by atoms with Crippen LogP contribution in [-0.4, -0.2) is 28.1 Å². The van der Waals surface area contributed by atoms with Gasteiger partial charge in [-0.2, -0.15) is 4.98 Å². The Labute approximate surface area is 103 Å². The van der Waals surface area contributed by atoms with E-state index in [4.69, 9.17) is 4.52 Å². The third-order valence-electron chi connectivity index (χ3n) is 3.24. The lowest BCUT2D eigenvalue weighted by molar-refractivity contribution is 0.133. The van der Waals surface area contributed by atoms with Crippen molar-refractivity contribution in [3.8, 4) is 0 Å². The van der Waals surface area contributed by atoms with Gasteiger partial charge in [0.15, 0.2) is 5.82 Å². The molecule has 2 rings (SSSR count). The Bertz CT molecular complexity index is 372. The molecule has 1 aliphatic rings. The minimum atomic E-state index is 0.279. The number of aromatic nitrogens is 2. The molecule has 1 aliphatic heterocycles. The van der Waals surface area contributed by atoms with Crippen LogP contribution < -0.4 is 0 Å². The van der Waals surface area contributed by atoms with E-state index in [1.54, 1.807) is 0 Å². The molecule has 2 heterocycles. The van der Waals surface area contributed by atoms with Crippen molar-refractivity contribution in [2.45, 2.75) is 45.1 Å². The molecule has 1 unspecified atom stereocenters. The van der Waals surface area contributed by atoms with Crippen LogP contribution in [0.2, 0.25) is 0 Å². The molecule has 0 radical (unpaired) electrons. The van der Waals surface area contributed by atoms with E-state index >= 15 is 0 Å². The summed E-state index contributed by atoms with van der Waals surface area (Å²) >= 11 is 0. The molecule has 0 saturated carbocycles. The lowest BCUT2D eigenvalue weighted by atomic mass is 10.0. The summed E-state index contributed by atoms with van der Waals surface area (Å²) in [6.07, 6.45) is 5.53. The number of rotatable bonds is 4. The summed E-state index contributed by atoms with van der Waals surface area (Å²) in [5, 5.41) is 4.05. The summed E-state index contributed by atoms with van der Waals surface area (Å²) in [5.41, 5.74) is 0. The molecule has 1 atom stereocenters. The Hall–Kier alpha value is -1.16. The number of piperidine rings is 1. The summed E-state index contributed by atoms with van der Waals surface area (Å²) in [6.45, 7) is 9.96. The van der Waals surface area contributed by atoms with E-state index in [1.165, 1.54) is 12.8 Å². The molecule has 4 nitrogen and oxygen atoms in total. The van der Waals surface area contributed by atoms with Crippen LogP contribution in [0.1, 0.15) is 56.8 Å². The lowest BCUT2D eigenvalue weighted by Gasteiger charge is -2.32. The van der Waals surface area contributed by atoms with E-state index < -0.39 is 0 Å². The van der Waals surface area contributed by atoms with Crippen LogP contribution in [0.15, 0.2) is 17.2 Å². The molecule has 1 aromatic rings. The van der Waals surface area contributed by atoms with E-state index in [0.29, 0.717) is 5.92 Å². The van der Waals surface area contributed by atoms with E-state index in [1.807, 2.05) is 6.08 Å². The van der Waals surface area contributed by atoms with Crippen LogP contribution in [0.3, 0.4) is 0 Å². The Morgan fingerprint density at radius 2 is 2.35 bits per heavy atom.